The van der Waals surface area contributed by atoms with Gasteiger partial charge in [-0.05, 0) is 30.7 Å². The van der Waals surface area contributed by atoms with Crippen LogP contribution < -0.4 is 0 Å². The Labute approximate surface area is 89.9 Å². The summed E-state index contributed by atoms with van der Waals surface area (Å²) in [6.45, 7) is 0. The number of rotatable bonds is 7. The molecule has 0 aliphatic heterocycles. The molecule has 0 saturated carbocycles. The van der Waals surface area contributed by atoms with Crippen LogP contribution in [-0.2, 0) is 6.42 Å². The molecule has 13 heavy (non-hydrogen) atoms. The minimum atomic E-state index is 0.824. The van der Waals surface area contributed by atoms with Crippen LogP contribution in [0.2, 0.25) is 0 Å². The van der Waals surface area contributed by atoms with Crippen molar-refractivity contribution in [1.82, 2.24) is 0 Å². The van der Waals surface area contributed by atoms with Gasteiger partial charge in [-0.2, -0.15) is 0 Å². The molecule has 0 unspecified atom stereocenters. The lowest BCUT2D eigenvalue weighted by Gasteiger charge is -1.98. The third-order valence-corrected chi connectivity index (χ3v) is 3.34. The van der Waals surface area contributed by atoms with Crippen LogP contribution >= 0.6 is 22.9 Å². The van der Waals surface area contributed by atoms with Crippen LogP contribution in [0.5, 0.6) is 0 Å². The maximum Gasteiger partial charge on any atom is 0.0223 e. The highest BCUT2D eigenvalue weighted by Gasteiger charge is 1.93. The van der Waals surface area contributed by atoms with E-state index in [0.29, 0.717) is 0 Å². The zero-order valence-corrected chi connectivity index (χ0v) is 9.54. The van der Waals surface area contributed by atoms with Gasteiger partial charge in [-0.1, -0.05) is 25.3 Å². The smallest absolute Gasteiger partial charge is 0.0223 e. The number of thiophene rings is 1. The Morgan fingerprint density at radius 3 is 2.54 bits per heavy atom. The SMILES string of the molecule is ClCCCCCCCc1cccs1. The first-order valence-electron chi connectivity index (χ1n) is 5.02. The summed E-state index contributed by atoms with van der Waals surface area (Å²) < 4.78 is 0. The number of halogens is 1. The summed E-state index contributed by atoms with van der Waals surface area (Å²) >= 11 is 7.47. The molecule has 1 rings (SSSR count). The first-order valence-corrected chi connectivity index (χ1v) is 6.43. The van der Waals surface area contributed by atoms with Gasteiger partial charge >= 0.3 is 0 Å². The molecule has 0 fully saturated rings. The van der Waals surface area contributed by atoms with Crippen LogP contribution in [0.25, 0.3) is 0 Å². The first kappa shape index (κ1) is 11.1. The van der Waals surface area contributed by atoms with Gasteiger partial charge < -0.3 is 0 Å². The van der Waals surface area contributed by atoms with Crippen molar-refractivity contribution in [3.05, 3.63) is 22.4 Å². The minimum Gasteiger partial charge on any atom is -0.149 e. The molecule has 0 aliphatic carbocycles. The molecular weight excluding hydrogens is 200 g/mol. The number of hydrogen-bond acceptors (Lipinski definition) is 1. The fourth-order valence-corrected chi connectivity index (χ4v) is 2.32. The van der Waals surface area contributed by atoms with Crippen molar-refractivity contribution in [3.63, 3.8) is 0 Å². The van der Waals surface area contributed by atoms with Gasteiger partial charge in [0.05, 0.1) is 0 Å². The van der Waals surface area contributed by atoms with Crippen molar-refractivity contribution < 1.29 is 0 Å². The summed E-state index contributed by atoms with van der Waals surface area (Å²) in [5.74, 6) is 0.824. The molecule has 0 spiro atoms. The van der Waals surface area contributed by atoms with E-state index in [2.05, 4.69) is 17.5 Å². The summed E-state index contributed by atoms with van der Waals surface area (Å²) in [4.78, 5) is 1.53. The molecule has 0 bridgehead atoms. The quantitative estimate of drug-likeness (QED) is 0.466. The summed E-state index contributed by atoms with van der Waals surface area (Å²) in [7, 11) is 0. The number of alkyl halides is 1. The van der Waals surface area contributed by atoms with Gasteiger partial charge in [0.25, 0.3) is 0 Å². The maximum atomic E-state index is 5.60. The second-order valence-electron chi connectivity index (χ2n) is 3.29. The molecule has 1 heterocycles. The fraction of sp³-hybridized carbons (Fsp3) is 0.636. The summed E-state index contributed by atoms with van der Waals surface area (Å²) in [5.41, 5.74) is 0. The van der Waals surface area contributed by atoms with E-state index >= 15 is 0 Å². The Kier molecular flexibility index (Phi) is 6.30. The van der Waals surface area contributed by atoms with Crippen LogP contribution in [0.3, 0.4) is 0 Å². The molecule has 1 aromatic heterocycles. The lowest BCUT2D eigenvalue weighted by atomic mass is 10.1. The van der Waals surface area contributed by atoms with Crippen LogP contribution in [0.15, 0.2) is 17.5 Å². The standard InChI is InChI=1S/C11H17ClS/c12-9-5-3-1-2-4-7-11-8-6-10-13-11/h6,8,10H,1-5,7,9H2. The second kappa shape index (κ2) is 7.40. The molecule has 0 aliphatic rings. The van der Waals surface area contributed by atoms with Crippen molar-refractivity contribution in [2.75, 3.05) is 5.88 Å². The first-order chi connectivity index (χ1) is 6.43. The van der Waals surface area contributed by atoms with Crippen LogP contribution in [0.4, 0.5) is 0 Å². The highest BCUT2D eigenvalue weighted by Crippen LogP contribution is 2.13. The Hall–Kier alpha value is -0.0100. The summed E-state index contributed by atoms with van der Waals surface area (Å²) in [6, 6.07) is 4.36. The largest absolute Gasteiger partial charge is 0.149 e. The van der Waals surface area contributed by atoms with E-state index in [-0.39, 0.29) is 0 Å². The molecule has 1 aromatic rings. The van der Waals surface area contributed by atoms with Gasteiger partial charge in [0, 0.05) is 10.8 Å². The van der Waals surface area contributed by atoms with E-state index in [4.69, 9.17) is 11.6 Å². The average Bonchev–Trinajstić information content (AvgIpc) is 2.63. The molecule has 0 aromatic carbocycles. The third kappa shape index (κ3) is 5.33. The van der Waals surface area contributed by atoms with E-state index < -0.39 is 0 Å². The van der Waals surface area contributed by atoms with Crippen LogP contribution in [-0.4, -0.2) is 5.88 Å². The van der Waals surface area contributed by atoms with Gasteiger partial charge in [0.2, 0.25) is 0 Å². The monoisotopic (exact) mass is 216 g/mol. The fourth-order valence-electron chi connectivity index (χ4n) is 1.38. The molecule has 74 valence electrons. The predicted octanol–water partition coefficient (Wildman–Crippen LogP) is 4.48. The Bertz CT molecular complexity index is 194. The molecule has 0 amide bonds. The van der Waals surface area contributed by atoms with E-state index in [0.717, 1.165) is 5.88 Å². The van der Waals surface area contributed by atoms with Crippen molar-refractivity contribution in [3.8, 4) is 0 Å². The van der Waals surface area contributed by atoms with Gasteiger partial charge in [0.15, 0.2) is 0 Å². The minimum absolute atomic E-state index is 0.824. The molecule has 0 atom stereocenters. The van der Waals surface area contributed by atoms with Crippen molar-refractivity contribution in [2.24, 2.45) is 0 Å². The summed E-state index contributed by atoms with van der Waals surface area (Å²) in [6.07, 6.45) is 7.78. The number of hydrogen-bond donors (Lipinski definition) is 0. The van der Waals surface area contributed by atoms with Crippen molar-refractivity contribution >= 4 is 22.9 Å². The second-order valence-corrected chi connectivity index (χ2v) is 4.70. The molecule has 0 radical (unpaired) electrons. The zero-order valence-electron chi connectivity index (χ0n) is 7.97. The Morgan fingerprint density at radius 2 is 1.85 bits per heavy atom. The number of unbranched alkanes of at least 4 members (excludes halogenated alkanes) is 4. The van der Waals surface area contributed by atoms with E-state index in [1.807, 2.05) is 11.3 Å². The van der Waals surface area contributed by atoms with E-state index in [1.165, 1.54) is 43.4 Å². The topological polar surface area (TPSA) is 0 Å². The van der Waals surface area contributed by atoms with E-state index in [1.54, 1.807) is 0 Å². The molecule has 0 saturated heterocycles. The highest BCUT2D eigenvalue weighted by molar-refractivity contribution is 7.09. The van der Waals surface area contributed by atoms with Crippen molar-refractivity contribution in [2.45, 2.75) is 38.5 Å². The van der Waals surface area contributed by atoms with Gasteiger partial charge in [-0.15, -0.1) is 22.9 Å². The van der Waals surface area contributed by atoms with Gasteiger partial charge in [0.1, 0.15) is 0 Å². The average molecular weight is 217 g/mol. The predicted molar refractivity (Wildman–Crippen MR) is 61.8 cm³/mol. The van der Waals surface area contributed by atoms with Crippen LogP contribution in [0, 0.1) is 0 Å². The molecule has 0 nitrogen and oxygen atoms in total. The number of aryl methyl sites for hydroxylation is 1. The molecule has 0 N–H and O–H groups in total. The Morgan fingerprint density at radius 1 is 1.08 bits per heavy atom. The molecule has 2 heteroatoms. The lowest BCUT2D eigenvalue weighted by molar-refractivity contribution is 0.636. The molecular formula is C11H17ClS. The maximum absolute atomic E-state index is 5.60. The van der Waals surface area contributed by atoms with Crippen molar-refractivity contribution in [1.29, 1.82) is 0 Å². The lowest BCUT2D eigenvalue weighted by Crippen LogP contribution is -1.83. The van der Waals surface area contributed by atoms with Gasteiger partial charge in [-0.3, -0.25) is 0 Å². The summed E-state index contributed by atoms with van der Waals surface area (Å²) in [5, 5.41) is 2.16. The Balaban J connectivity index is 1.90. The highest BCUT2D eigenvalue weighted by atomic mass is 35.5. The normalized spacial score (nSPS) is 10.5. The van der Waals surface area contributed by atoms with Gasteiger partial charge in [-0.25, -0.2) is 0 Å². The van der Waals surface area contributed by atoms with Crippen LogP contribution in [0.1, 0.15) is 37.0 Å². The zero-order chi connectivity index (χ0) is 9.36. The van der Waals surface area contributed by atoms with E-state index in [9.17, 15) is 0 Å². The third-order valence-electron chi connectivity index (χ3n) is 2.14.